The molecule has 0 aliphatic carbocycles. The van der Waals surface area contributed by atoms with E-state index < -0.39 is 5.97 Å². The molecule has 2 rings (SSSR count). The number of phenolic OH excluding ortho intramolecular Hbond substituents is 1. The van der Waals surface area contributed by atoms with Crippen molar-refractivity contribution in [2.45, 2.75) is 6.04 Å². The third-order valence-electron chi connectivity index (χ3n) is 2.67. The van der Waals surface area contributed by atoms with Gasteiger partial charge in [-0.05, 0) is 28.1 Å². The van der Waals surface area contributed by atoms with Crippen LogP contribution in [0.5, 0.6) is 5.75 Å². The van der Waals surface area contributed by atoms with Gasteiger partial charge in [0.25, 0.3) is 0 Å². The molecule has 1 atom stereocenters. The van der Waals surface area contributed by atoms with Crippen LogP contribution in [-0.4, -0.2) is 35.9 Å². The average molecular weight is 302 g/mol. The van der Waals surface area contributed by atoms with E-state index in [-0.39, 0.29) is 17.4 Å². The van der Waals surface area contributed by atoms with Crippen LogP contribution in [0.25, 0.3) is 0 Å². The van der Waals surface area contributed by atoms with E-state index in [4.69, 9.17) is 9.84 Å². The first-order valence-electron chi connectivity index (χ1n) is 5.17. The van der Waals surface area contributed by atoms with E-state index in [0.717, 1.165) is 0 Å². The lowest BCUT2D eigenvalue weighted by Gasteiger charge is -2.26. The maximum absolute atomic E-state index is 11.1. The fourth-order valence-corrected chi connectivity index (χ4v) is 2.22. The van der Waals surface area contributed by atoms with Crippen molar-refractivity contribution in [3.63, 3.8) is 0 Å². The number of halogens is 1. The first kappa shape index (κ1) is 12.3. The van der Waals surface area contributed by atoms with Gasteiger partial charge >= 0.3 is 5.97 Å². The molecular weight excluding hydrogens is 290 g/mol. The molecule has 1 heterocycles. The number of nitrogens with one attached hydrogen (secondary N) is 1. The van der Waals surface area contributed by atoms with Gasteiger partial charge in [-0.15, -0.1) is 0 Å². The highest BCUT2D eigenvalue weighted by molar-refractivity contribution is 9.10. The van der Waals surface area contributed by atoms with Crippen LogP contribution in [-0.2, 0) is 4.74 Å². The van der Waals surface area contributed by atoms with E-state index in [2.05, 4.69) is 21.2 Å². The lowest BCUT2D eigenvalue weighted by Crippen LogP contribution is -2.35. The van der Waals surface area contributed by atoms with E-state index in [1.165, 1.54) is 12.1 Å². The minimum Gasteiger partial charge on any atom is -0.506 e. The normalized spacial score (nSPS) is 20.2. The van der Waals surface area contributed by atoms with Gasteiger partial charge in [0.05, 0.1) is 29.3 Å². The molecule has 5 nitrogen and oxygen atoms in total. The molecule has 0 bridgehead atoms. The van der Waals surface area contributed by atoms with Crippen molar-refractivity contribution in [3.05, 3.63) is 27.7 Å². The first-order chi connectivity index (χ1) is 8.11. The number of hydrogen-bond acceptors (Lipinski definition) is 4. The number of aromatic hydroxyl groups is 1. The van der Waals surface area contributed by atoms with E-state index >= 15 is 0 Å². The van der Waals surface area contributed by atoms with Gasteiger partial charge in [0, 0.05) is 12.1 Å². The summed E-state index contributed by atoms with van der Waals surface area (Å²) in [5.41, 5.74) is 0.459. The second-order valence-electron chi connectivity index (χ2n) is 3.74. The summed E-state index contributed by atoms with van der Waals surface area (Å²) in [6, 6.07) is 2.69. The summed E-state index contributed by atoms with van der Waals surface area (Å²) >= 11 is 3.18. The van der Waals surface area contributed by atoms with Crippen LogP contribution in [0.2, 0.25) is 0 Å². The van der Waals surface area contributed by atoms with Gasteiger partial charge in [-0.1, -0.05) is 0 Å². The number of carboxylic acids is 1. The lowest BCUT2D eigenvalue weighted by molar-refractivity contribution is 0.0669. The third-order valence-corrected chi connectivity index (χ3v) is 3.31. The van der Waals surface area contributed by atoms with Crippen LogP contribution in [0.3, 0.4) is 0 Å². The summed E-state index contributed by atoms with van der Waals surface area (Å²) in [6.45, 7) is 1.58. The molecule has 1 saturated heterocycles. The predicted octanol–water partition coefficient (Wildman–Crippen LogP) is 1.51. The van der Waals surface area contributed by atoms with Crippen molar-refractivity contribution in [2.75, 3.05) is 19.8 Å². The summed E-state index contributed by atoms with van der Waals surface area (Å²) in [5.74, 6) is -1.11. The zero-order valence-corrected chi connectivity index (χ0v) is 10.5. The fourth-order valence-electron chi connectivity index (χ4n) is 1.87. The summed E-state index contributed by atoms with van der Waals surface area (Å²) < 4.78 is 5.76. The molecule has 3 N–H and O–H groups in total. The molecular formula is C11H12BrNO4. The first-order valence-corrected chi connectivity index (χ1v) is 5.96. The number of hydrogen-bond donors (Lipinski definition) is 3. The number of morpholine rings is 1. The van der Waals surface area contributed by atoms with Gasteiger partial charge in [0.15, 0.2) is 0 Å². The molecule has 1 aliphatic heterocycles. The van der Waals surface area contributed by atoms with E-state index in [0.29, 0.717) is 29.8 Å². The highest BCUT2D eigenvalue weighted by Crippen LogP contribution is 2.35. The smallest absolute Gasteiger partial charge is 0.336 e. The molecule has 1 fully saturated rings. The fraction of sp³-hybridized carbons (Fsp3) is 0.364. The molecule has 0 amide bonds. The summed E-state index contributed by atoms with van der Waals surface area (Å²) in [7, 11) is 0. The Labute approximate surface area is 107 Å². The van der Waals surface area contributed by atoms with Gasteiger partial charge in [-0.25, -0.2) is 4.79 Å². The van der Waals surface area contributed by atoms with Crippen LogP contribution in [0.4, 0.5) is 0 Å². The Kier molecular flexibility index (Phi) is 3.66. The van der Waals surface area contributed by atoms with Gasteiger partial charge in [0.2, 0.25) is 0 Å². The second kappa shape index (κ2) is 5.03. The molecule has 0 aromatic heterocycles. The highest BCUT2D eigenvalue weighted by atomic mass is 79.9. The number of phenols is 1. The SMILES string of the molecule is O=C(O)c1ccc(Br)c(O)c1[C@H]1COCCN1. The largest absolute Gasteiger partial charge is 0.506 e. The molecule has 0 radical (unpaired) electrons. The Morgan fingerprint density at radius 1 is 1.53 bits per heavy atom. The van der Waals surface area contributed by atoms with Crippen molar-refractivity contribution in [3.8, 4) is 5.75 Å². The minimum atomic E-state index is -1.06. The predicted molar refractivity (Wildman–Crippen MR) is 64.3 cm³/mol. The van der Waals surface area contributed by atoms with Gasteiger partial charge in [-0.2, -0.15) is 0 Å². The molecule has 1 aromatic rings. The van der Waals surface area contributed by atoms with Crippen molar-refractivity contribution < 1.29 is 19.7 Å². The van der Waals surface area contributed by atoms with Crippen molar-refractivity contribution in [1.82, 2.24) is 5.32 Å². The van der Waals surface area contributed by atoms with Crippen LogP contribution >= 0.6 is 15.9 Å². The summed E-state index contributed by atoms with van der Waals surface area (Å²) in [6.07, 6.45) is 0. The quantitative estimate of drug-likeness (QED) is 0.772. The lowest BCUT2D eigenvalue weighted by atomic mass is 9.99. The number of rotatable bonds is 2. The number of carbonyl (C=O) groups is 1. The number of aromatic carboxylic acids is 1. The Hall–Kier alpha value is -1.11. The molecule has 6 heteroatoms. The molecule has 1 aliphatic rings. The Bertz CT molecular complexity index is 443. The van der Waals surface area contributed by atoms with E-state index in [1.54, 1.807) is 0 Å². The Balaban J connectivity index is 2.48. The monoisotopic (exact) mass is 301 g/mol. The van der Waals surface area contributed by atoms with Crippen LogP contribution in [0.15, 0.2) is 16.6 Å². The zero-order valence-electron chi connectivity index (χ0n) is 8.94. The molecule has 0 saturated carbocycles. The molecule has 0 spiro atoms. The topological polar surface area (TPSA) is 78.8 Å². The highest BCUT2D eigenvalue weighted by Gasteiger charge is 2.25. The molecule has 92 valence electrons. The minimum absolute atomic E-state index is 0.0482. The number of carboxylic acid groups (broad SMARTS) is 1. The Morgan fingerprint density at radius 2 is 2.29 bits per heavy atom. The standard InChI is InChI=1S/C11H12BrNO4/c12-7-2-1-6(11(15)16)9(10(7)14)8-5-17-4-3-13-8/h1-2,8,13-14H,3-5H2,(H,15,16)/t8-/m1/s1. The number of ether oxygens (including phenoxy) is 1. The second-order valence-corrected chi connectivity index (χ2v) is 4.60. The van der Waals surface area contributed by atoms with Crippen LogP contribution < -0.4 is 5.32 Å². The Morgan fingerprint density at radius 3 is 2.88 bits per heavy atom. The summed E-state index contributed by atoms with van der Waals surface area (Å²) in [5, 5.41) is 22.2. The van der Waals surface area contributed by atoms with Crippen molar-refractivity contribution >= 4 is 21.9 Å². The van der Waals surface area contributed by atoms with Gasteiger partial charge < -0.3 is 20.3 Å². The molecule has 0 unspecified atom stereocenters. The average Bonchev–Trinajstić information content (AvgIpc) is 2.33. The van der Waals surface area contributed by atoms with E-state index in [1.807, 2.05) is 0 Å². The molecule has 1 aromatic carbocycles. The van der Waals surface area contributed by atoms with Crippen LogP contribution in [0, 0.1) is 0 Å². The zero-order chi connectivity index (χ0) is 12.4. The van der Waals surface area contributed by atoms with Crippen LogP contribution in [0.1, 0.15) is 22.0 Å². The van der Waals surface area contributed by atoms with E-state index in [9.17, 15) is 9.90 Å². The van der Waals surface area contributed by atoms with Gasteiger partial charge in [-0.3, -0.25) is 0 Å². The van der Waals surface area contributed by atoms with Crippen molar-refractivity contribution in [2.24, 2.45) is 0 Å². The molecule has 17 heavy (non-hydrogen) atoms. The maximum Gasteiger partial charge on any atom is 0.336 e. The summed E-state index contributed by atoms with van der Waals surface area (Å²) in [4.78, 5) is 11.1. The third kappa shape index (κ3) is 2.43. The maximum atomic E-state index is 11.1. The van der Waals surface area contributed by atoms with Crippen molar-refractivity contribution in [1.29, 1.82) is 0 Å². The van der Waals surface area contributed by atoms with Gasteiger partial charge in [0.1, 0.15) is 5.75 Å². The number of benzene rings is 1.